The van der Waals surface area contributed by atoms with E-state index in [0.29, 0.717) is 0 Å². The zero-order chi connectivity index (χ0) is 12.6. The van der Waals surface area contributed by atoms with E-state index in [2.05, 4.69) is 17.9 Å². The van der Waals surface area contributed by atoms with E-state index in [1.165, 1.54) is 7.11 Å². The van der Waals surface area contributed by atoms with Gasteiger partial charge in [-0.2, -0.15) is 0 Å². The minimum absolute atomic E-state index is 0.0933. The van der Waals surface area contributed by atoms with Gasteiger partial charge in [-0.25, -0.2) is 9.59 Å². The molecule has 0 saturated carbocycles. The summed E-state index contributed by atoms with van der Waals surface area (Å²) in [5.74, 6) is -1.37. The van der Waals surface area contributed by atoms with Crippen LogP contribution in [-0.2, 0) is 23.8 Å². The number of methoxy groups -OCH3 is 1. The first-order chi connectivity index (χ1) is 7.54. The number of rotatable bonds is 7. The van der Waals surface area contributed by atoms with Crippen LogP contribution in [0.4, 0.5) is 0 Å². The van der Waals surface area contributed by atoms with E-state index in [-0.39, 0.29) is 31.0 Å². The molecule has 0 radical (unpaired) electrons. The predicted octanol–water partition coefficient (Wildman–Crippen LogP) is 0.851. The molecule has 0 saturated heterocycles. The van der Waals surface area contributed by atoms with E-state index >= 15 is 0 Å². The molecule has 0 amide bonds. The van der Waals surface area contributed by atoms with E-state index in [1.807, 2.05) is 0 Å². The Morgan fingerprint density at radius 3 is 1.94 bits per heavy atom. The first-order valence-corrected chi connectivity index (χ1v) is 4.75. The van der Waals surface area contributed by atoms with Crippen LogP contribution in [0.1, 0.15) is 6.92 Å². The van der Waals surface area contributed by atoms with Crippen molar-refractivity contribution in [3.05, 3.63) is 24.3 Å². The smallest absolute Gasteiger partial charge is 0.338 e. The van der Waals surface area contributed by atoms with Gasteiger partial charge in [-0.15, -0.1) is 0 Å². The van der Waals surface area contributed by atoms with E-state index in [0.717, 1.165) is 0 Å². The van der Waals surface area contributed by atoms with Gasteiger partial charge in [0.2, 0.25) is 0 Å². The van der Waals surface area contributed by atoms with Crippen molar-refractivity contribution in [1.29, 1.82) is 0 Å². The summed E-state index contributed by atoms with van der Waals surface area (Å²) in [7, 11) is 1.49. The van der Waals surface area contributed by atoms with Crippen LogP contribution in [-0.4, -0.2) is 38.9 Å². The average Bonchev–Trinajstić information content (AvgIpc) is 2.27. The van der Waals surface area contributed by atoms with Gasteiger partial charge in [0, 0.05) is 7.11 Å². The molecule has 0 heterocycles. The predicted molar refractivity (Wildman–Crippen MR) is 57.7 cm³/mol. The molecule has 0 aliphatic heterocycles. The highest BCUT2D eigenvalue weighted by atomic mass is 16.6. The van der Waals surface area contributed by atoms with Gasteiger partial charge in [-0.1, -0.05) is 13.2 Å². The fourth-order valence-electron chi connectivity index (χ4n) is 0.769. The molecule has 0 bridgehead atoms. The Kier molecular flexibility index (Phi) is 6.87. The van der Waals surface area contributed by atoms with Crippen LogP contribution in [0.2, 0.25) is 0 Å². The van der Waals surface area contributed by atoms with Crippen molar-refractivity contribution in [3.63, 3.8) is 0 Å². The lowest BCUT2D eigenvalue weighted by Crippen LogP contribution is -2.17. The van der Waals surface area contributed by atoms with E-state index in [4.69, 9.17) is 9.47 Å². The molecule has 0 aliphatic rings. The Labute approximate surface area is 94.7 Å². The molecule has 5 nitrogen and oxygen atoms in total. The van der Waals surface area contributed by atoms with Crippen LogP contribution >= 0.6 is 0 Å². The minimum atomic E-state index is -0.699. The fraction of sp³-hybridized carbons (Fsp3) is 0.455. The summed E-state index contributed by atoms with van der Waals surface area (Å²) in [4.78, 5) is 22.5. The summed E-state index contributed by atoms with van der Waals surface area (Å²) < 4.78 is 14.1. The quantitative estimate of drug-likeness (QED) is 0.280. The van der Waals surface area contributed by atoms with Gasteiger partial charge in [-0.05, 0) is 6.92 Å². The van der Waals surface area contributed by atoms with Gasteiger partial charge in [-0.3, -0.25) is 0 Å². The highest BCUT2D eigenvalue weighted by molar-refractivity contribution is 6.06. The maximum atomic E-state index is 11.3. The molecule has 0 N–H and O–H groups in total. The van der Waals surface area contributed by atoms with E-state index in [1.54, 1.807) is 6.92 Å². The molecule has 0 aromatic heterocycles. The summed E-state index contributed by atoms with van der Waals surface area (Å²) in [5, 5.41) is 0. The molecule has 0 atom stereocenters. The molecule has 0 fully saturated rings. The van der Waals surface area contributed by atoms with Gasteiger partial charge >= 0.3 is 11.9 Å². The van der Waals surface area contributed by atoms with Crippen molar-refractivity contribution in [2.45, 2.75) is 6.92 Å². The minimum Gasteiger partial charge on any atom is -0.462 e. The SMILES string of the molecule is C=C(C(=C)C(=O)OCCOC)C(=O)OCC. The van der Waals surface area contributed by atoms with Gasteiger partial charge in [0.1, 0.15) is 6.61 Å². The molecule has 90 valence electrons. The fourth-order valence-corrected chi connectivity index (χ4v) is 0.769. The molecule has 16 heavy (non-hydrogen) atoms. The summed E-state index contributed by atoms with van der Waals surface area (Å²) in [5.41, 5.74) is -0.196. The van der Waals surface area contributed by atoms with E-state index in [9.17, 15) is 9.59 Å². The summed E-state index contributed by atoms with van der Waals surface area (Å²) in [6, 6.07) is 0. The number of esters is 2. The monoisotopic (exact) mass is 228 g/mol. The molecule has 0 spiro atoms. The normalized spacial score (nSPS) is 9.38. The van der Waals surface area contributed by atoms with Crippen LogP contribution in [0.5, 0.6) is 0 Å². The van der Waals surface area contributed by atoms with Crippen molar-refractivity contribution in [1.82, 2.24) is 0 Å². The molecule has 5 heteroatoms. The topological polar surface area (TPSA) is 61.8 Å². The summed E-state index contributed by atoms with van der Waals surface area (Å²) in [6.45, 7) is 9.09. The third-order valence-electron chi connectivity index (χ3n) is 1.65. The second kappa shape index (κ2) is 7.64. The molecule has 0 aromatic carbocycles. The molecule has 0 aliphatic carbocycles. The lowest BCUT2D eigenvalue weighted by atomic mass is 10.1. The Hall–Kier alpha value is -1.62. The first-order valence-electron chi connectivity index (χ1n) is 4.75. The standard InChI is InChI=1S/C11H16O5/c1-5-15-10(12)8(2)9(3)11(13)16-7-6-14-4/h2-3,5-7H2,1,4H3. The van der Waals surface area contributed by atoms with Gasteiger partial charge < -0.3 is 14.2 Å². The highest BCUT2D eigenvalue weighted by Gasteiger charge is 2.18. The number of hydrogen-bond donors (Lipinski definition) is 0. The molecule has 0 rings (SSSR count). The van der Waals surface area contributed by atoms with Crippen LogP contribution in [0, 0.1) is 0 Å². The Bertz CT molecular complexity index is 293. The zero-order valence-corrected chi connectivity index (χ0v) is 9.58. The van der Waals surface area contributed by atoms with Crippen LogP contribution in [0.15, 0.2) is 24.3 Å². The lowest BCUT2D eigenvalue weighted by Gasteiger charge is -2.08. The Balaban J connectivity index is 4.17. The van der Waals surface area contributed by atoms with Crippen LogP contribution in [0.25, 0.3) is 0 Å². The number of carbonyl (C=O) groups excluding carboxylic acids is 2. The highest BCUT2D eigenvalue weighted by Crippen LogP contribution is 2.09. The van der Waals surface area contributed by atoms with Crippen molar-refractivity contribution in [2.24, 2.45) is 0 Å². The number of hydrogen-bond acceptors (Lipinski definition) is 5. The van der Waals surface area contributed by atoms with E-state index < -0.39 is 11.9 Å². The number of ether oxygens (including phenoxy) is 3. The average molecular weight is 228 g/mol. The number of carbonyl (C=O) groups is 2. The Morgan fingerprint density at radius 2 is 1.50 bits per heavy atom. The molecule has 0 unspecified atom stereocenters. The van der Waals surface area contributed by atoms with Crippen molar-refractivity contribution in [3.8, 4) is 0 Å². The summed E-state index contributed by atoms with van der Waals surface area (Å²) in [6.07, 6.45) is 0. The lowest BCUT2D eigenvalue weighted by molar-refractivity contribution is -0.143. The van der Waals surface area contributed by atoms with Crippen LogP contribution in [0.3, 0.4) is 0 Å². The molecule has 0 aromatic rings. The van der Waals surface area contributed by atoms with Gasteiger partial charge in [0.15, 0.2) is 0 Å². The third kappa shape index (κ3) is 4.75. The Morgan fingerprint density at radius 1 is 1.00 bits per heavy atom. The third-order valence-corrected chi connectivity index (χ3v) is 1.65. The first kappa shape index (κ1) is 14.4. The largest absolute Gasteiger partial charge is 0.462 e. The van der Waals surface area contributed by atoms with Crippen molar-refractivity contribution >= 4 is 11.9 Å². The summed E-state index contributed by atoms with van der Waals surface area (Å²) >= 11 is 0. The molecular weight excluding hydrogens is 212 g/mol. The van der Waals surface area contributed by atoms with Gasteiger partial charge in [0.25, 0.3) is 0 Å². The van der Waals surface area contributed by atoms with Crippen molar-refractivity contribution < 1.29 is 23.8 Å². The maximum absolute atomic E-state index is 11.3. The zero-order valence-electron chi connectivity index (χ0n) is 9.58. The van der Waals surface area contributed by atoms with Crippen molar-refractivity contribution in [2.75, 3.05) is 26.9 Å². The van der Waals surface area contributed by atoms with Crippen LogP contribution < -0.4 is 0 Å². The van der Waals surface area contributed by atoms with Gasteiger partial charge in [0.05, 0.1) is 24.4 Å². The maximum Gasteiger partial charge on any atom is 0.338 e. The second-order valence-electron chi connectivity index (χ2n) is 2.81. The molecular formula is C11H16O5. The second-order valence-corrected chi connectivity index (χ2v) is 2.81.